The molecule has 23 heavy (non-hydrogen) atoms. The zero-order chi connectivity index (χ0) is 16.1. The van der Waals surface area contributed by atoms with Gasteiger partial charge in [0, 0.05) is 31.4 Å². The van der Waals surface area contributed by atoms with Gasteiger partial charge >= 0.3 is 0 Å². The molecule has 2 heterocycles. The van der Waals surface area contributed by atoms with Crippen molar-refractivity contribution in [3.8, 4) is 0 Å². The number of carbonyl (C=O) groups excluding carboxylic acids is 1. The molecule has 1 aromatic carbocycles. The van der Waals surface area contributed by atoms with Gasteiger partial charge in [-0.3, -0.25) is 9.69 Å². The van der Waals surface area contributed by atoms with Crippen molar-refractivity contribution in [2.24, 2.45) is 5.92 Å². The highest BCUT2D eigenvalue weighted by Crippen LogP contribution is 2.23. The number of carbonyl (C=O) groups is 1. The maximum atomic E-state index is 12.3. The Morgan fingerprint density at radius 1 is 1.30 bits per heavy atom. The molecule has 0 spiro atoms. The number of nitrogens with one attached hydrogen (secondary N) is 2. The van der Waals surface area contributed by atoms with Crippen LogP contribution in [0, 0.1) is 5.92 Å². The van der Waals surface area contributed by atoms with E-state index in [9.17, 15) is 4.79 Å². The van der Waals surface area contributed by atoms with E-state index in [1.807, 2.05) is 12.1 Å². The molecular formula is C18H27N3O2. The maximum absolute atomic E-state index is 12.3. The number of piperidine rings is 1. The van der Waals surface area contributed by atoms with E-state index in [-0.39, 0.29) is 11.8 Å². The molecule has 126 valence electrons. The molecule has 2 atom stereocenters. The molecule has 0 saturated carbocycles. The van der Waals surface area contributed by atoms with Crippen LogP contribution in [0.25, 0.3) is 0 Å². The van der Waals surface area contributed by atoms with Crippen molar-refractivity contribution >= 4 is 11.6 Å². The Morgan fingerprint density at radius 3 is 2.70 bits per heavy atom. The van der Waals surface area contributed by atoms with Gasteiger partial charge in [-0.15, -0.1) is 0 Å². The van der Waals surface area contributed by atoms with Crippen molar-refractivity contribution in [2.75, 3.05) is 44.7 Å². The van der Waals surface area contributed by atoms with Crippen LogP contribution in [0.15, 0.2) is 24.3 Å². The highest BCUT2D eigenvalue weighted by molar-refractivity contribution is 5.92. The van der Waals surface area contributed by atoms with Crippen LogP contribution >= 0.6 is 0 Å². The summed E-state index contributed by atoms with van der Waals surface area (Å²) in [6.45, 7) is 7.63. The van der Waals surface area contributed by atoms with Gasteiger partial charge in [-0.25, -0.2) is 0 Å². The number of hydrogen-bond acceptors (Lipinski definition) is 4. The minimum atomic E-state index is 0.0932. The fourth-order valence-electron chi connectivity index (χ4n) is 3.34. The molecule has 1 amide bonds. The number of morpholine rings is 1. The van der Waals surface area contributed by atoms with E-state index in [1.54, 1.807) is 0 Å². The Hall–Kier alpha value is -1.43. The van der Waals surface area contributed by atoms with Gasteiger partial charge in [0.05, 0.1) is 19.1 Å². The van der Waals surface area contributed by atoms with Gasteiger partial charge in [0.25, 0.3) is 0 Å². The van der Waals surface area contributed by atoms with Gasteiger partial charge < -0.3 is 15.4 Å². The Morgan fingerprint density at radius 2 is 2.04 bits per heavy atom. The number of ether oxygens (including phenoxy) is 1. The summed E-state index contributed by atoms with van der Waals surface area (Å²) in [6.07, 6.45) is 2.05. The van der Waals surface area contributed by atoms with Crippen molar-refractivity contribution in [3.63, 3.8) is 0 Å². The fourth-order valence-corrected chi connectivity index (χ4v) is 3.34. The van der Waals surface area contributed by atoms with Crippen LogP contribution in [0.5, 0.6) is 0 Å². The molecule has 0 aromatic heterocycles. The summed E-state index contributed by atoms with van der Waals surface area (Å²) in [5.41, 5.74) is 2.17. The molecular weight excluding hydrogens is 290 g/mol. The molecule has 3 rings (SSSR count). The van der Waals surface area contributed by atoms with Crippen LogP contribution in [-0.2, 0) is 9.53 Å². The highest BCUT2D eigenvalue weighted by Gasteiger charge is 2.21. The second-order valence-corrected chi connectivity index (χ2v) is 6.48. The van der Waals surface area contributed by atoms with E-state index in [2.05, 4.69) is 34.6 Å². The summed E-state index contributed by atoms with van der Waals surface area (Å²) < 4.78 is 5.41. The molecule has 5 nitrogen and oxygen atoms in total. The SMILES string of the molecule is CC(c1ccc(NC(=O)C2CCCNC2)cc1)N1CCOCC1. The van der Waals surface area contributed by atoms with Gasteiger partial charge in [-0.2, -0.15) is 0 Å². The lowest BCUT2D eigenvalue weighted by atomic mass is 9.98. The average Bonchev–Trinajstić information content (AvgIpc) is 2.63. The van der Waals surface area contributed by atoms with Crippen molar-refractivity contribution in [1.82, 2.24) is 10.2 Å². The maximum Gasteiger partial charge on any atom is 0.228 e. The Kier molecular flexibility index (Phi) is 5.65. The van der Waals surface area contributed by atoms with Crippen LogP contribution in [-0.4, -0.2) is 50.2 Å². The van der Waals surface area contributed by atoms with Gasteiger partial charge in [-0.05, 0) is 44.0 Å². The van der Waals surface area contributed by atoms with Gasteiger partial charge in [-0.1, -0.05) is 12.1 Å². The van der Waals surface area contributed by atoms with Crippen molar-refractivity contribution in [1.29, 1.82) is 0 Å². The lowest BCUT2D eigenvalue weighted by molar-refractivity contribution is -0.120. The van der Waals surface area contributed by atoms with E-state index in [0.29, 0.717) is 6.04 Å². The Labute approximate surface area is 138 Å². The van der Waals surface area contributed by atoms with E-state index in [0.717, 1.165) is 57.9 Å². The molecule has 0 aliphatic carbocycles. The van der Waals surface area contributed by atoms with Crippen LogP contribution < -0.4 is 10.6 Å². The molecule has 0 bridgehead atoms. The van der Waals surface area contributed by atoms with Gasteiger partial charge in [0.2, 0.25) is 5.91 Å². The van der Waals surface area contributed by atoms with E-state index in [1.165, 1.54) is 5.56 Å². The predicted octanol–water partition coefficient (Wildman–Crippen LogP) is 2.02. The lowest BCUT2D eigenvalue weighted by Gasteiger charge is -2.32. The summed E-state index contributed by atoms with van der Waals surface area (Å²) in [6, 6.07) is 8.65. The van der Waals surface area contributed by atoms with Crippen molar-refractivity contribution in [2.45, 2.75) is 25.8 Å². The first-order valence-corrected chi connectivity index (χ1v) is 8.67. The summed E-state index contributed by atoms with van der Waals surface area (Å²) >= 11 is 0. The monoisotopic (exact) mass is 317 g/mol. The van der Waals surface area contributed by atoms with Gasteiger partial charge in [0.1, 0.15) is 0 Å². The van der Waals surface area contributed by atoms with Crippen LogP contribution in [0.3, 0.4) is 0 Å². The molecule has 5 heteroatoms. The number of rotatable bonds is 4. The first kappa shape index (κ1) is 16.4. The van der Waals surface area contributed by atoms with E-state index in [4.69, 9.17) is 4.74 Å². The molecule has 1 aromatic rings. The first-order chi connectivity index (χ1) is 11.2. The quantitative estimate of drug-likeness (QED) is 0.892. The highest BCUT2D eigenvalue weighted by atomic mass is 16.5. The average molecular weight is 317 g/mol. The van der Waals surface area contributed by atoms with Crippen LogP contribution in [0.4, 0.5) is 5.69 Å². The molecule has 0 radical (unpaired) electrons. The number of amides is 1. The molecule has 2 aliphatic rings. The van der Waals surface area contributed by atoms with Crippen molar-refractivity contribution < 1.29 is 9.53 Å². The second kappa shape index (κ2) is 7.90. The fraction of sp³-hybridized carbons (Fsp3) is 0.611. The number of anilines is 1. The molecule has 2 unspecified atom stereocenters. The largest absolute Gasteiger partial charge is 0.379 e. The molecule has 2 saturated heterocycles. The third-order valence-electron chi connectivity index (χ3n) is 4.92. The van der Waals surface area contributed by atoms with E-state index >= 15 is 0 Å². The van der Waals surface area contributed by atoms with Crippen LogP contribution in [0.2, 0.25) is 0 Å². The normalized spacial score (nSPS) is 24.1. The summed E-state index contributed by atoms with van der Waals surface area (Å²) in [5, 5.41) is 6.33. The van der Waals surface area contributed by atoms with Crippen LogP contribution in [0.1, 0.15) is 31.4 Å². The van der Waals surface area contributed by atoms with Gasteiger partial charge in [0.15, 0.2) is 0 Å². The number of benzene rings is 1. The number of hydrogen-bond donors (Lipinski definition) is 2. The smallest absolute Gasteiger partial charge is 0.228 e. The number of nitrogens with zero attached hydrogens (tertiary/aromatic N) is 1. The first-order valence-electron chi connectivity index (χ1n) is 8.67. The molecule has 2 fully saturated rings. The summed E-state index contributed by atoms with van der Waals surface area (Å²) in [4.78, 5) is 14.7. The zero-order valence-corrected chi connectivity index (χ0v) is 13.9. The molecule has 2 aliphatic heterocycles. The Bertz CT molecular complexity index is 506. The zero-order valence-electron chi connectivity index (χ0n) is 13.9. The predicted molar refractivity (Wildman–Crippen MR) is 91.5 cm³/mol. The summed E-state index contributed by atoms with van der Waals surface area (Å²) in [5.74, 6) is 0.224. The van der Waals surface area contributed by atoms with Crippen molar-refractivity contribution in [3.05, 3.63) is 29.8 Å². The Balaban J connectivity index is 1.56. The van der Waals surface area contributed by atoms with E-state index < -0.39 is 0 Å². The second-order valence-electron chi connectivity index (χ2n) is 6.48. The molecule has 2 N–H and O–H groups in total. The topological polar surface area (TPSA) is 53.6 Å². The minimum absolute atomic E-state index is 0.0932. The standard InChI is InChI=1S/C18H27N3O2/c1-14(21-9-11-23-12-10-21)15-4-6-17(7-5-15)20-18(22)16-3-2-8-19-13-16/h4-7,14,16,19H,2-3,8-13H2,1H3,(H,20,22). The minimum Gasteiger partial charge on any atom is -0.379 e. The summed E-state index contributed by atoms with van der Waals surface area (Å²) in [7, 11) is 0. The third kappa shape index (κ3) is 4.31. The lowest BCUT2D eigenvalue weighted by Crippen LogP contribution is -2.38. The third-order valence-corrected chi connectivity index (χ3v) is 4.92.